The summed E-state index contributed by atoms with van der Waals surface area (Å²) in [4.78, 5) is 19.6. The first-order valence-corrected chi connectivity index (χ1v) is 13.3. The molecule has 11 heteroatoms. The predicted molar refractivity (Wildman–Crippen MR) is 131 cm³/mol. The van der Waals surface area contributed by atoms with Crippen molar-refractivity contribution in [3.63, 3.8) is 0 Å². The summed E-state index contributed by atoms with van der Waals surface area (Å²) >= 11 is 0. The number of aliphatic carboxylic acids is 1. The number of nitrogens with zero attached hydrogens (tertiary/aromatic N) is 3. The first kappa shape index (κ1) is 25.3. The number of hydrogen-bond acceptors (Lipinski definition) is 5. The molecule has 37 heavy (non-hydrogen) atoms. The van der Waals surface area contributed by atoms with Gasteiger partial charge in [0.25, 0.3) is 0 Å². The number of aryl methyl sites for hydroxylation is 1. The highest BCUT2D eigenvalue weighted by molar-refractivity contribution is 7.89. The summed E-state index contributed by atoms with van der Waals surface area (Å²) in [6, 6.07) is 6.59. The van der Waals surface area contributed by atoms with E-state index >= 15 is 8.78 Å². The van der Waals surface area contributed by atoms with E-state index in [1.807, 2.05) is 18.2 Å². The Morgan fingerprint density at radius 3 is 2.38 bits per heavy atom. The minimum Gasteiger partial charge on any atom is -0.481 e. The number of carbonyl (C=O) groups is 1. The molecule has 0 amide bonds. The summed E-state index contributed by atoms with van der Waals surface area (Å²) in [7, 11) is -4.25. The van der Waals surface area contributed by atoms with E-state index in [1.54, 1.807) is 6.92 Å². The summed E-state index contributed by atoms with van der Waals surface area (Å²) in [5.41, 5.74) is 1.90. The van der Waals surface area contributed by atoms with Gasteiger partial charge in [-0.1, -0.05) is 6.08 Å². The van der Waals surface area contributed by atoms with Gasteiger partial charge in [-0.15, -0.1) is 0 Å². The summed E-state index contributed by atoms with van der Waals surface area (Å²) in [5, 5.41) is 9.89. The van der Waals surface area contributed by atoms with Crippen molar-refractivity contribution < 1.29 is 31.5 Å². The summed E-state index contributed by atoms with van der Waals surface area (Å²) in [5.74, 6) is -3.48. The van der Waals surface area contributed by atoms with Crippen LogP contribution in [0.5, 0.6) is 0 Å². The lowest BCUT2D eigenvalue weighted by molar-refractivity contribution is -0.141. The molecule has 0 saturated carbocycles. The smallest absolute Gasteiger partial charge is 0.306 e. The lowest BCUT2D eigenvalue weighted by Crippen LogP contribution is -2.29. The second kappa shape index (κ2) is 9.53. The second-order valence-corrected chi connectivity index (χ2v) is 11.4. The van der Waals surface area contributed by atoms with Gasteiger partial charge in [0.05, 0.1) is 27.8 Å². The van der Waals surface area contributed by atoms with Crippen LogP contribution in [0.3, 0.4) is 0 Å². The Hall–Kier alpha value is -3.31. The molecule has 1 fully saturated rings. The molecule has 1 aliphatic heterocycles. The standard InChI is InChI=1S/C26H24F3N3O4S/c1-14-10-23(24-20(28)11-18(12-21(24)29)37(35,36)32-9-8-17(27)13-32)31-25-19(14)6-7-22(30-25)15-2-4-16(5-3-15)26(33)34/h2,6-7,10-12,16-17H,3-5,8-9,13H2,1H3,(H,33,34)/t16?,17-/m0/s1. The van der Waals surface area contributed by atoms with Crippen LogP contribution in [0.2, 0.25) is 0 Å². The van der Waals surface area contributed by atoms with E-state index in [2.05, 4.69) is 9.97 Å². The molecule has 1 aliphatic carbocycles. The van der Waals surface area contributed by atoms with Gasteiger partial charge < -0.3 is 5.11 Å². The minimum absolute atomic E-state index is 0.0363. The maximum atomic E-state index is 15.2. The fourth-order valence-corrected chi connectivity index (χ4v) is 6.37. The Balaban J connectivity index is 1.52. The molecule has 1 aromatic carbocycles. The van der Waals surface area contributed by atoms with E-state index in [1.165, 1.54) is 6.07 Å². The van der Waals surface area contributed by atoms with Gasteiger partial charge in [0.15, 0.2) is 5.65 Å². The molecule has 1 N–H and O–H groups in total. The van der Waals surface area contributed by atoms with Crippen molar-refractivity contribution >= 4 is 32.6 Å². The third kappa shape index (κ3) is 4.73. The van der Waals surface area contributed by atoms with E-state index in [9.17, 15) is 22.7 Å². The van der Waals surface area contributed by atoms with Gasteiger partial charge in [-0.25, -0.2) is 31.6 Å². The van der Waals surface area contributed by atoms with Crippen LogP contribution in [0.1, 0.15) is 36.9 Å². The quantitative estimate of drug-likeness (QED) is 0.504. The van der Waals surface area contributed by atoms with Crippen molar-refractivity contribution in [3.8, 4) is 11.3 Å². The number of halogens is 3. The molecule has 2 atom stereocenters. The van der Waals surface area contributed by atoms with Gasteiger partial charge in [-0.3, -0.25) is 4.79 Å². The molecule has 2 aliphatic rings. The third-order valence-corrected chi connectivity index (χ3v) is 8.81. The zero-order valence-corrected chi connectivity index (χ0v) is 20.7. The van der Waals surface area contributed by atoms with Gasteiger partial charge in [-0.05, 0) is 74.1 Å². The van der Waals surface area contributed by atoms with Crippen molar-refractivity contribution in [1.29, 1.82) is 0 Å². The van der Waals surface area contributed by atoms with Crippen molar-refractivity contribution in [2.24, 2.45) is 5.92 Å². The number of hydrogen-bond donors (Lipinski definition) is 1. The number of carboxylic acid groups (broad SMARTS) is 1. The highest BCUT2D eigenvalue weighted by Crippen LogP contribution is 2.34. The van der Waals surface area contributed by atoms with Crippen molar-refractivity contribution in [2.75, 3.05) is 13.1 Å². The second-order valence-electron chi connectivity index (χ2n) is 9.44. The molecule has 194 valence electrons. The molecule has 2 aromatic heterocycles. The largest absolute Gasteiger partial charge is 0.481 e. The summed E-state index contributed by atoms with van der Waals surface area (Å²) in [6.45, 7) is 1.35. The van der Waals surface area contributed by atoms with Gasteiger partial charge >= 0.3 is 5.97 Å². The molecule has 1 saturated heterocycles. The van der Waals surface area contributed by atoms with E-state index < -0.39 is 50.2 Å². The van der Waals surface area contributed by atoms with Gasteiger partial charge in [-0.2, -0.15) is 4.31 Å². The van der Waals surface area contributed by atoms with Crippen LogP contribution in [-0.4, -0.2) is 53.0 Å². The summed E-state index contributed by atoms with van der Waals surface area (Å²) < 4.78 is 70.3. The number of benzene rings is 1. The van der Waals surface area contributed by atoms with E-state index in [4.69, 9.17) is 0 Å². The normalized spacial score (nSPS) is 20.8. The van der Waals surface area contributed by atoms with E-state index in [-0.39, 0.29) is 30.9 Å². The monoisotopic (exact) mass is 531 g/mol. The average molecular weight is 532 g/mol. The SMILES string of the molecule is Cc1cc(-c2c(F)cc(S(=O)(=O)N3CC[C@H](F)C3)cc2F)nc2nc(C3=CCC(C(=O)O)CC3)ccc12. The van der Waals surface area contributed by atoms with Crippen LogP contribution in [0.15, 0.2) is 41.3 Å². The maximum Gasteiger partial charge on any atom is 0.306 e. The molecule has 3 aromatic rings. The van der Waals surface area contributed by atoms with Crippen molar-refractivity contribution in [1.82, 2.24) is 14.3 Å². The van der Waals surface area contributed by atoms with Crippen LogP contribution in [-0.2, 0) is 14.8 Å². The Bertz CT molecular complexity index is 1540. The van der Waals surface area contributed by atoms with E-state index in [0.29, 0.717) is 35.9 Å². The highest BCUT2D eigenvalue weighted by atomic mass is 32.2. The van der Waals surface area contributed by atoms with Crippen LogP contribution >= 0.6 is 0 Å². The van der Waals surface area contributed by atoms with Gasteiger partial charge in [0.2, 0.25) is 10.0 Å². The maximum absolute atomic E-state index is 15.2. The summed E-state index contributed by atoms with van der Waals surface area (Å²) in [6.07, 6.45) is 1.99. The Kier molecular flexibility index (Phi) is 6.53. The first-order chi connectivity index (χ1) is 17.5. The van der Waals surface area contributed by atoms with Crippen molar-refractivity contribution in [2.45, 2.75) is 43.7 Å². The van der Waals surface area contributed by atoms with Gasteiger partial charge in [0.1, 0.15) is 17.8 Å². The van der Waals surface area contributed by atoms with Crippen LogP contribution in [0.4, 0.5) is 13.2 Å². The number of sulfonamides is 1. The van der Waals surface area contributed by atoms with E-state index in [0.717, 1.165) is 22.0 Å². The fraction of sp³-hybridized carbons (Fsp3) is 0.346. The van der Waals surface area contributed by atoms with Crippen LogP contribution in [0, 0.1) is 24.5 Å². The van der Waals surface area contributed by atoms with Crippen molar-refractivity contribution in [3.05, 3.63) is 59.3 Å². The molecular weight excluding hydrogens is 507 g/mol. The number of fused-ring (bicyclic) bond motifs is 1. The number of alkyl halides is 1. The van der Waals surface area contributed by atoms with Crippen LogP contribution in [0.25, 0.3) is 27.9 Å². The minimum atomic E-state index is -4.25. The number of aromatic nitrogens is 2. The topological polar surface area (TPSA) is 100 Å². The zero-order valence-electron chi connectivity index (χ0n) is 19.9. The third-order valence-electron chi connectivity index (χ3n) is 6.97. The first-order valence-electron chi connectivity index (χ1n) is 11.9. The number of rotatable bonds is 5. The molecule has 0 spiro atoms. The lowest BCUT2D eigenvalue weighted by atomic mass is 9.88. The van der Waals surface area contributed by atoms with Gasteiger partial charge in [0, 0.05) is 18.5 Å². The molecular formula is C26H24F3N3O4S. The zero-order chi connectivity index (χ0) is 26.5. The Labute approximate surface area is 211 Å². The van der Waals surface area contributed by atoms with Crippen LogP contribution < -0.4 is 0 Å². The fourth-order valence-electron chi connectivity index (χ4n) is 4.87. The average Bonchev–Trinajstić information content (AvgIpc) is 3.30. The molecule has 0 radical (unpaired) electrons. The highest BCUT2D eigenvalue weighted by Gasteiger charge is 2.34. The number of allylic oxidation sites excluding steroid dienone is 2. The predicted octanol–water partition coefficient (Wildman–Crippen LogP) is 4.88. The number of carboxylic acids is 1. The Morgan fingerprint density at radius 1 is 1.08 bits per heavy atom. The molecule has 0 bridgehead atoms. The molecule has 5 rings (SSSR count). The molecule has 3 heterocycles. The number of pyridine rings is 2. The lowest BCUT2D eigenvalue weighted by Gasteiger charge is -2.18. The Morgan fingerprint density at radius 2 is 1.78 bits per heavy atom. The molecule has 1 unspecified atom stereocenters. The molecule has 7 nitrogen and oxygen atoms in total.